The summed E-state index contributed by atoms with van der Waals surface area (Å²) >= 11 is 6.19. The van der Waals surface area contributed by atoms with Crippen molar-refractivity contribution in [3.63, 3.8) is 0 Å². The molecule has 2 atom stereocenters. The van der Waals surface area contributed by atoms with Crippen LogP contribution < -0.4 is 4.74 Å². The first-order valence-electron chi connectivity index (χ1n) is 8.87. The molecule has 1 aromatic carbocycles. The first-order chi connectivity index (χ1) is 14.4. The lowest BCUT2D eigenvalue weighted by atomic mass is 10.0. The molecule has 1 aliphatic rings. The summed E-state index contributed by atoms with van der Waals surface area (Å²) in [5, 5.41) is 9.55. The Balaban J connectivity index is 2.25. The fourth-order valence-electron chi connectivity index (χ4n) is 2.51. The Morgan fingerprint density at radius 2 is 2.03 bits per heavy atom. The summed E-state index contributed by atoms with van der Waals surface area (Å²) in [6, 6.07) is 3.04. The second-order valence-corrected chi connectivity index (χ2v) is 6.96. The number of esters is 2. The molecule has 2 rings (SSSR count). The van der Waals surface area contributed by atoms with Crippen molar-refractivity contribution < 1.29 is 41.9 Å². The molecule has 2 unspecified atom stereocenters. The van der Waals surface area contributed by atoms with Crippen molar-refractivity contribution in [1.82, 2.24) is 0 Å². The Kier molecular flexibility index (Phi) is 7.32. The molecule has 31 heavy (non-hydrogen) atoms. The van der Waals surface area contributed by atoms with Crippen LogP contribution in [0.5, 0.6) is 5.75 Å². The smallest absolute Gasteiger partial charge is 0.416 e. The van der Waals surface area contributed by atoms with Gasteiger partial charge < -0.3 is 14.2 Å². The van der Waals surface area contributed by atoms with Gasteiger partial charge >= 0.3 is 18.1 Å². The molecule has 0 aliphatic heterocycles. The Morgan fingerprint density at radius 1 is 1.35 bits per heavy atom. The van der Waals surface area contributed by atoms with Crippen LogP contribution in [0.4, 0.5) is 18.9 Å². The number of carbonyl (C=O) groups is 2. The Bertz CT molecular complexity index is 945. The van der Waals surface area contributed by atoms with Gasteiger partial charge in [0.05, 0.1) is 17.1 Å². The minimum Gasteiger partial charge on any atom is -0.468 e. The van der Waals surface area contributed by atoms with Crippen LogP contribution in [-0.4, -0.2) is 40.8 Å². The number of rotatable bonds is 7. The van der Waals surface area contributed by atoms with Gasteiger partial charge in [-0.2, -0.15) is 13.2 Å². The number of ether oxygens (including phenoxy) is 3. The lowest BCUT2D eigenvalue weighted by Crippen LogP contribution is -2.29. The molecule has 0 fully saturated rings. The summed E-state index contributed by atoms with van der Waals surface area (Å²) in [4.78, 5) is 34.4. The molecule has 0 aromatic heterocycles. The predicted octanol–water partition coefficient (Wildman–Crippen LogP) is 4.47. The summed E-state index contributed by atoms with van der Waals surface area (Å²) in [7, 11) is 0. The maximum absolute atomic E-state index is 12.7. The first-order valence-corrected chi connectivity index (χ1v) is 9.24. The quantitative estimate of drug-likeness (QED) is 0.254. The molecule has 0 amide bonds. The number of halogens is 4. The second kappa shape index (κ2) is 9.38. The molecule has 1 aliphatic carbocycles. The number of carbonyl (C=O) groups excluding carboxylic acids is 2. The molecule has 0 saturated carbocycles. The summed E-state index contributed by atoms with van der Waals surface area (Å²) in [5.41, 5.74) is -2.06. The molecule has 1 aromatic rings. The molecular formula is C19H17ClF3NO7. The lowest BCUT2D eigenvalue weighted by molar-refractivity contribution is -0.385. The van der Waals surface area contributed by atoms with Crippen molar-refractivity contribution in [2.24, 2.45) is 0 Å². The van der Waals surface area contributed by atoms with Crippen LogP contribution in [0.15, 0.2) is 42.0 Å². The van der Waals surface area contributed by atoms with E-state index >= 15 is 0 Å². The van der Waals surface area contributed by atoms with Crippen molar-refractivity contribution in [2.45, 2.75) is 37.6 Å². The Morgan fingerprint density at radius 3 is 2.55 bits per heavy atom. The van der Waals surface area contributed by atoms with Gasteiger partial charge in [0.2, 0.25) is 5.06 Å². The van der Waals surface area contributed by atoms with Crippen LogP contribution >= 0.6 is 11.6 Å². The molecule has 168 valence electrons. The largest absolute Gasteiger partial charge is 0.468 e. The molecular weight excluding hydrogens is 447 g/mol. The van der Waals surface area contributed by atoms with Gasteiger partial charge in [0.15, 0.2) is 6.10 Å². The normalized spacial score (nSPS) is 19.2. The molecule has 0 heterocycles. The number of hydrogen-bond donors (Lipinski definition) is 0. The Labute approximate surface area is 179 Å². The van der Waals surface area contributed by atoms with Crippen molar-refractivity contribution in [1.29, 1.82) is 0 Å². The van der Waals surface area contributed by atoms with E-state index in [9.17, 15) is 32.9 Å². The van der Waals surface area contributed by atoms with E-state index in [2.05, 4.69) is 0 Å². The fourth-order valence-corrected chi connectivity index (χ4v) is 2.74. The van der Waals surface area contributed by atoms with E-state index < -0.39 is 51.0 Å². The zero-order valence-corrected chi connectivity index (χ0v) is 17.0. The fraction of sp³-hybridized carbons (Fsp3) is 0.368. The van der Waals surface area contributed by atoms with E-state index in [1.807, 2.05) is 0 Å². The van der Waals surface area contributed by atoms with E-state index in [0.717, 1.165) is 36.4 Å². The molecule has 0 saturated heterocycles. The zero-order valence-electron chi connectivity index (χ0n) is 16.3. The minimum atomic E-state index is -4.55. The molecule has 0 N–H and O–H groups in total. The highest BCUT2D eigenvalue weighted by Crippen LogP contribution is 2.37. The summed E-state index contributed by atoms with van der Waals surface area (Å²) < 4.78 is 53.3. The molecule has 0 radical (unpaired) electrons. The van der Waals surface area contributed by atoms with Crippen LogP contribution in [-0.2, 0) is 14.3 Å². The highest BCUT2D eigenvalue weighted by atomic mass is 35.5. The van der Waals surface area contributed by atoms with Crippen LogP contribution in [0.3, 0.4) is 0 Å². The zero-order chi connectivity index (χ0) is 23.4. The second-order valence-electron chi connectivity index (χ2n) is 6.32. The third-order valence-corrected chi connectivity index (χ3v) is 4.37. The average Bonchev–Trinajstić information content (AvgIpc) is 2.67. The summed E-state index contributed by atoms with van der Waals surface area (Å²) in [5.74, 6) is -2.17. The van der Waals surface area contributed by atoms with Gasteiger partial charge in [-0.3, -0.25) is 10.1 Å². The number of nitro benzene ring substituents is 1. The number of nitrogens with zero attached hydrogens (tertiary/aromatic N) is 1. The number of allylic oxidation sites excluding steroid dienone is 2. The predicted molar refractivity (Wildman–Crippen MR) is 102 cm³/mol. The SMILES string of the molecule is CCOC(=O)C(C)OC(=O)c1cc(OC2(Cl)C=CC(C(F)(F)F)=CC2)ccc1[N+](=O)[O-]. The maximum atomic E-state index is 12.7. The van der Waals surface area contributed by atoms with Crippen molar-refractivity contribution in [2.75, 3.05) is 6.61 Å². The van der Waals surface area contributed by atoms with E-state index in [0.29, 0.717) is 0 Å². The van der Waals surface area contributed by atoms with Crippen LogP contribution in [0, 0.1) is 10.1 Å². The number of benzene rings is 1. The van der Waals surface area contributed by atoms with E-state index in [1.54, 1.807) is 6.92 Å². The summed E-state index contributed by atoms with van der Waals surface area (Å²) in [6.45, 7) is 2.82. The third-order valence-electron chi connectivity index (χ3n) is 4.01. The third kappa shape index (κ3) is 6.20. The van der Waals surface area contributed by atoms with E-state index in [-0.39, 0.29) is 18.8 Å². The van der Waals surface area contributed by atoms with Gasteiger partial charge in [0, 0.05) is 18.6 Å². The van der Waals surface area contributed by atoms with Gasteiger partial charge in [-0.1, -0.05) is 17.7 Å². The monoisotopic (exact) mass is 463 g/mol. The number of alkyl halides is 4. The minimum absolute atomic E-state index is 0.0417. The van der Waals surface area contributed by atoms with Gasteiger partial charge in [-0.05, 0) is 32.1 Å². The van der Waals surface area contributed by atoms with Crippen molar-refractivity contribution in [3.8, 4) is 5.75 Å². The topological polar surface area (TPSA) is 105 Å². The highest BCUT2D eigenvalue weighted by Gasteiger charge is 2.37. The van der Waals surface area contributed by atoms with Gasteiger partial charge in [0.25, 0.3) is 5.69 Å². The van der Waals surface area contributed by atoms with Crippen molar-refractivity contribution in [3.05, 3.63) is 57.7 Å². The van der Waals surface area contributed by atoms with Crippen LogP contribution in [0.2, 0.25) is 0 Å². The molecule has 0 spiro atoms. The maximum Gasteiger partial charge on any atom is 0.416 e. The van der Waals surface area contributed by atoms with E-state index in [4.69, 9.17) is 25.8 Å². The summed E-state index contributed by atoms with van der Waals surface area (Å²) in [6.07, 6.45) is -3.65. The number of hydrogen-bond acceptors (Lipinski definition) is 7. The average molecular weight is 464 g/mol. The number of nitro groups is 1. The molecule has 0 bridgehead atoms. The Hall–Kier alpha value is -3.08. The van der Waals surface area contributed by atoms with Crippen LogP contribution in [0.1, 0.15) is 30.6 Å². The molecule has 8 nitrogen and oxygen atoms in total. The van der Waals surface area contributed by atoms with E-state index in [1.165, 1.54) is 6.92 Å². The van der Waals surface area contributed by atoms with Gasteiger partial charge in [-0.15, -0.1) is 0 Å². The van der Waals surface area contributed by atoms with Gasteiger partial charge in [0.1, 0.15) is 11.3 Å². The standard InChI is InChI=1S/C19H17ClF3NO7/c1-3-29-16(25)11(2)30-17(26)14-10-13(4-5-15(14)24(27)28)31-18(20)8-6-12(7-9-18)19(21,22)23/h4-8,10-11H,3,9H2,1-2H3. The first kappa shape index (κ1) is 24.2. The van der Waals surface area contributed by atoms with Crippen molar-refractivity contribution >= 4 is 29.2 Å². The van der Waals surface area contributed by atoms with Gasteiger partial charge in [-0.25, -0.2) is 9.59 Å². The highest BCUT2D eigenvalue weighted by molar-refractivity contribution is 6.24. The van der Waals surface area contributed by atoms with Crippen LogP contribution in [0.25, 0.3) is 0 Å². The molecule has 12 heteroatoms. The lowest BCUT2D eigenvalue weighted by Gasteiger charge is -2.27.